The fourth-order valence-corrected chi connectivity index (χ4v) is 3.65. The third-order valence-corrected chi connectivity index (χ3v) is 6.12. The van der Waals surface area contributed by atoms with Crippen LogP contribution in [0.2, 0.25) is 0 Å². The molecule has 5 nitrogen and oxygen atoms in total. The zero-order chi connectivity index (χ0) is 19.4. The predicted molar refractivity (Wildman–Crippen MR) is 104 cm³/mol. The Kier molecular flexibility index (Phi) is 7.68. The first-order valence-corrected chi connectivity index (χ1v) is 10.1. The van der Waals surface area contributed by atoms with Crippen LogP contribution in [0.4, 0.5) is 0 Å². The number of thioether (sulfide) groups is 2. The number of aromatic hydroxyl groups is 1. The van der Waals surface area contributed by atoms with E-state index >= 15 is 0 Å². The van der Waals surface area contributed by atoms with Gasteiger partial charge in [-0.25, -0.2) is 0 Å². The smallest absolute Gasteiger partial charge is 0.316 e. The fourth-order valence-electron chi connectivity index (χ4n) is 2.10. The Morgan fingerprint density at radius 3 is 1.92 bits per heavy atom. The van der Waals surface area contributed by atoms with Crippen molar-refractivity contribution in [2.24, 2.45) is 0 Å². The molecule has 140 valence electrons. The summed E-state index contributed by atoms with van der Waals surface area (Å²) in [6.07, 6.45) is 0. The summed E-state index contributed by atoms with van der Waals surface area (Å²) in [7, 11) is 0. The molecule has 0 heterocycles. The second-order valence-electron chi connectivity index (χ2n) is 6.98. The van der Waals surface area contributed by atoms with Gasteiger partial charge in [0.1, 0.15) is 5.75 Å². The second-order valence-corrected chi connectivity index (χ2v) is 9.64. The molecule has 0 aliphatic heterocycles. The first-order valence-electron chi connectivity index (χ1n) is 7.97. The standard InChI is InChI=1S/C18H26O5S2/c1-10(16(20)21)24-8-12-6-13(9-25-11(2)17(22)23)15(19)14(7-12)18(3,4)5/h6-7,10-11,19H,8-9H2,1-5H3,(H,20,21)(H,22,23). The summed E-state index contributed by atoms with van der Waals surface area (Å²) in [5.74, 6) is -0.649. The molecule has 3 N–H and O–H groups in total. The van der Waals surface area contributed by atoms with Gasteiger partial charge in [0.05, 0.1) is 10.5 Å². The van der Waals surface area contributed by atoms with Crippen molar-refractivity contribution in [3.05, 3.63) is 28.8 Å². The SMILES string of the molecule is CC(SCc1cc(CSC(C)C(=O)O)c(O)c(C(C)(C)C)c1)C(=O)O. The lowest BCUT2D eigenvalue weighted by atomic mass is 9.84. The van der Waals surface area contributed by atoms with Gasteiger partial charge in [0.25, 0.3) is 0 Å². The molecular weight excluding hydrogens is 360 g/mol. The molecule has 7 heteroatoms. The second kappa shape index (κ2) is 8.85. The van der Waals surface area contributed by atoms with E-state index in [1.807, 2.05) is 32.9 Å². The highest BCUT2D eigenvalue weighted by atomic mass is 32.2. The average Bonchev–Trinajstić information content (AvgIpc) is 2.50. The summed E-state index contributed by atoms with van der Waals surface area (Å²) in [5.41, 5.74) is 2.12. The van der Waals surface area contributed by atoms with Crippen LogP contribution in [-0.2, 0) is 26.5 Å². The Morgan fingerprint density at radius 2 is 1.48 bits per heavy atom. The van der Waals surface area contributed by atoms with Crippen LogP contribution in [0.1, 0.15) is 51.3 Å². The van der Waals surface area contributed by atoms with Crippen LogP contribution in [0.25, 0.3) is 0 Å². The maximum Gasteiger partial charge on any atom is 0.316 e. The number of phenols is 1. The molecule has 2 atom stereocenters. The van der Waals surface area contributed by atoms with Crippen molar-refractivity contribution in [3.8, 4) is 5.75 Å². The van der Waals surface area contributed by atoms with Crippen LogP contribution in [-0.4, -0.2) is 37.8 Å². The number of benzene rings is 1. The van der Waals surface area contributed by atoms with Gasteiger partial charge < -0.3 is 15.3 Å². The molecule has 0 saturated carbocycles. The molecule has 0 amide bonds. The Balaban J connectivity index is 3.11. The quantitative estimate of drug-likeness (QED) is 0.619. The van der Waals surface area contributed by atoms with E-state index in [0.717, 1.165) is 11.1 Å². The number of rotatable bonds is 8. The monoisotopic (exact) mass is 386 g/mol. The van der Waals surface area contributed by atoms with Crippen molar-refractivity contribution in [1.82, 2.24) is 0 Å². The number of hydrogen-bond donors (Lipinski definition) is 3. The summed E-state index contributed by atoms with van der Waals surface area (Å²) < 4.78 is 0. The summed E-state index contributed by atoms with van der Waals surface area (Å²) in [4.78, 5) is 22.0. The van der Waals surface area contributed by atoms with Crippen LogP contribution in [0.3, 0.4) is 0 Å². The number of phenolic OH excluding ortho intramolecular Hbond substituents is 1. The van der Waals surface area contributed by atoms with E-state index < -0.39 is 22.4 Å². The normalized spacial score (nSPS) is 14.1. The molecule has 1 rings (SSSR count). The lowest BCUT2D eigenvalue weighted by molar-refractivity contribution is -0.137. The third-order valence-electron chi connectivity index (χ3n) is 3.74. The number of carboxylic acids is 2. The summed E-state index contributed by atoms with van der Waals surface area (Å²) in [6, 6.07) is 3.75. The highest BCUT2D eigenvalue weighted by molar-refractivity contribution is 8.00. The van der Waals surface area contributed by atoms with E-state index in [9.17, 15) is 14.7 Å². The van der Waals surface area contributed by atoms with Crippen LogP contribution < -0.4 is 0 Å². The highest BCUT2D eigenvalue weighted by Gasteiger charge is 2.23. The fraction of sp³-hybridized carbons (Fsp3) is 0.556. The zero-order valence-electron chi connectivity index (χ0n) is 15.2. The van der Waals surface area contributed by atoms with Crippen LogP contribution in [0, 0.1) is 0 Å². The lowest BCUT2D eigenvalue weighted by Crippen LogP contribution is -2.15. The van der Waals surface area contributed by atoms with Crippen LogP contribution in [0.15, 0.2) is 12.1 Å². The molecule has 0 aliphatic rings. The van der Waals surface area contributed by atoms with E-state index in [1.54, 1.807) is 13.8 Å². The summed E-state index contributed by atoms with van der Waals surface area (Å²) in [5, 5.41) is 27.6. The van der Waals surface area contributed by atoms with Crippen molar-refractivity contribution in [1.29, 1.82) is 0 Å². The maximum absolute atomic E-state index is 11.0. The maximum atomic E-state index is 11.0. The molecule has 0 fully saturated rings. The average molecular weight is 387 g/mol. The van der Waals surface area contributed by atoms with Crippen molar-refractivity contribution in [2.45, 2.75) is 62.0 Å². The number of aliphatic carboxylic acids is 2. The number of hydrogen-bond acceptors (Lipinski definition) is 5. The van der Waals surface area contributed by atoms with Crippen LogP contribution >= 0.6 is 23.5 Å². The minimum absolute atomic E-state index is 0.192. The Bertz CT molecular complexity index is 637. The molecule has 0 aromatic heterocycles. The van der Waals surface area contributed by atoms with Gasteiger partial charge in [0.2, 0.25) is 0 Å². The van der Waals surface area contributed by atoms with Gasteiger partial charge >= 0.3 is 11.9 Å². The number of carboxylic acid groups (broad SMARTS) is 2. The van der Waals surface area contributed by atoms with Crippen molar-refractivity contribution in [3.63, 3.8) is 0 Å². The Labute approximate surface area is 157 Å². The largest absolute Gasteiger partial charge is 0.507 e. The summed E-state index contributed by atoms with van der Waals surface area (Å²) >= 11 is 2.57. The van der Waals surface area contributed by atoms with Gasteiger partial charge in [-0.2, -0.15) is 0 Å². The molecule has 1 aromatic carbocycles. The van der Waals surface area contributed by atoms with Gasteiger partial charge in [-0.3, -0.25) is 9.59 Å². The van der Waals surface area contributed by atoms with E-state index in [2.05, 4.69) is 0 Å². The van der Waals surface area contributed by atoms with Crippen molar-refractivity contribution < 1.29 is 24.9 Å². The van der Waals surface area contributed by atoms with Gasteiger partial charge in [-0.05, 0) is 30.4 Å². The third kappa shape index (κ3) is 6.47. The zero-order valence-corrected chi connectivity index (χ0v) is 16.8. The van der Waals surface area contributed by atoms with Crippen molar-refractivity contribution in [2.75, 3.05) is 0 Å². The molecule has 0 radical (unpaired) electrons. The summed E-state index contributed by atoms with van der Waals surface area (Å²) in [6.45, 7) is 9.24. The van der Waals surface area contributed by atoms with E-state index in [1.165, 1.54) is 23.5 Å². The van der Waals surface area contributed by atoms with E-state index in [4.69, 9.17) is 10.2 Å². The van der Waals surface area contributed by atoms with E-state index in [-0.39, 0.29) is 11.2 Å². The molecule has 0 aliphatic carbocycles. The highest BCUT2D eigenvalue weighted by Crippen LogP contribution is 2.37. The van der Waals surface area contributed by atoms with Gasteiger partial charge in [-0.15, -0.1) is 23.5 Å². The molecular formula is C18H26O5S2. The molecule has 0 saturated heterocycles. The first-order chi connectivity index (χ1) is 11.4. The first kappa shape index (κ1) is 21.7. The molecule has 25 heavy (non-hydrogen) atoms. The van der Waals surface area contributed by atoms with Crippen molar-refractivity contribution >= 4 is 35.5 Å². The number of carbonyl (C=O) groups is 2. The minimum atomic E-state index is -0.887. The Hall–Kier alpha value is -1.34. The van der Waals surface area contributed by atoms with Crippen LogP contribution in [0.5, 0.6) is 5.75 Å². The van der Waals surface area contributed by atoms with Gasteiger partial charge in [0, 0.05) is 17.1 Å². The molecule has 1 aromatic rings. The lowest BCUT2D eigenvalue weighted by Gasteiger charge is -2.24. The van der Waals surface area contributed by atoms with Gasteiger partial charge in [-0.1, -0.05) is 32.9 Å². The predicted octanol–water partition coefficient (Wildman–Crippen LogP) is 4.10. The molecule has 0 spiro atoms. The van der Waals surface area contributed by atoms with Gasteiger partial charge in [0.15, 0.2) is 0 Å². The van der Waals surface area contributed by atoms with E-state index in [0.29, 0.717) is 17.1 Å². The minimum Gasteiger partial charge on any atom is -0.507 e. The molecule has 0 bridgehead atoms. The Morgan fingerprint density at radius 1 is 1.00 bits per heavy atom. The topological polar surface area (TPSA) is 94.8 Å². The molecule has 2 unspecified atom stereocenters.